The molecule has 166 valence electrons. The first-order chi connectivity index (χ1) is 16.1. The van der Waals surface area contributed by atoms with Crippen LogP contribution in [-0.4, -0.2) is 27.3 Å². The van der Waals surface area contributed by atoms with Crippen LogP contribution in [0.1, 0.15) is 16.7 Å². The fraction of sp³-hybridized carbons (Fsp3) is 0.111. The van der Waals surface area contributed by atoms with Gasteiger partial charge < -0.3 is 18.9 Å². The Morgan fingerprint density at radius 1 is 0.818 bits per heavy atom. The van der Waals surface area contributed by atoms with E-state index in [-0.39, 0.29) is 5.75 Å². The number of nitrogens with zero attached hydrogens (tertiary/aromatic N) is 1. The molecule has 0 aliphatic rings. The van der Waals surface area contributed by atoms with Gasteiger partial charge in [-0.15, -0.1) is 0 Å². The molecule has 3 aromatic carbocycles. The highest BCUT2D eigenvalue weighted by molar-refractivity contribution is 5.91. The van der Waals surface area contributed by atoms with E-state index in [1.54, 1.807) is 62.8 Å². The largest absolute Gasteiger partial charge is 0.497 e. The molecule has 0 aliphatic heterocycles. The number of rotatable bonds is 8. The van der Waals surface area contributed by atoms with Crippen LogP contribution in [0.5, 0.6) is 23.0 Å². The van der Waals surface area contributed by atoms with Gasteiger partial charge >= 0.3 is 5.97 Å². The summed E-state index contributed by atoms with van der Waals surface area (Å²) >= 11 is 0. The SMILES string of the molecule is COc1ccc(/C(C#N)=C\c2ccc(OC(=O)/C=C/c3cccc(OC)c3)c(OC)c2)cc1. The molecule has 3 aromatic rings. The van der Waals surface area contributed by atoms with Crippen molar-refractivity contribution in [3.8, 4) is 29.1 Å². The van der Waals surface area contributed by atoms with E-state index < -0.39 is 5.97 Å². The van der Waals surface area contributed by atoms with Crippen LogP contribution >= 0.6 is 0 Å². The second-order valence-corrected chi connectivity index (χ2v) is 6.84. The third kappa shape index (κ3) is 6.25. The maximum absolute atomic E-state index is 12.3. The molecule has 0 heterocycles. The quantitative estimate of drug-likeness (QED) is 0.153. The van der Waals surface area contributed by atoms with Crippen molar-refractivity contribution in [1.82, 2.24) is 0 Å². The number of nitriles is 1. The molecule has 6 heteroatoms. The molecule has 6 nitrogen and oxygen atoms in total. The predicted molar refractivity (Wildman–Crippen MR) is 127 cm³/mol. The molecule has 0 radical (unpaired) electrons. The second-order valence-electron chi connectivity index (χ2n) is 6.84. The van der Waals surface area contributed by atoms with Crippen molar-refractivity contribution in [2.75, 3.05) is 21.3 Å². The summed E-state index contributed by atoms with van der Waals surface area (Å²) in [7, 11) is 4.66. The summed E-state index contributed by atoms with van der Waals surface area (Å²) in [5.74, 6) is 1.51. The average Bonchev–Trinajstić information content (AvgIpc) is 2.87. The van der Waals surface area contributed by atoms with Crippen LogP contribution in [0.2, 0.25) is 0 Å². The molecule has 0 N–H and O–H groups in total. The predicted octanol–water partition coefficient (Wildman–Crippen LogP) is 5.40. The first kappa shape index (κ1) is 23.2. The van der Waals surface area contributed by atoms with Crippen molar-refractivity contribution in [3.05, 3.63) is 89.5 Å². The molecule has 0 spiro atoms. The van der Waals surface area contributed by atoms with Crippen LogP contribution in [0.4, 0.5) is 0 Å². The minimum absolute atomic E-state index is 0.276. The monoisotopic (exact) mass is 441 g/mol. The fourth-order valence-corrected chi connectivity index (χ4v) is 3.03. The molecule has 0 saturated heterocycles. The normalized spacial score (nSPS) is 11.0. The number of carbonyl (C=O) groups is 1. The standard InChI is InChI=1S/C27H23NO5/c1-30-23-11-9-21(10-12-23)22(18-28)15-20-7-13-25(26(17-20)32-3)33-27(29)14-8-19-5-4-6-24(16-19)31-2/h4-17H,1-3H3/b14-8+,22-15-. The Balaban J connectivity index is 1.77. The Hall–Kier alpha value is -4.50. The van der Waals surface area contributed by atoms with Crippen molar-refractivity contribution < 1.29 is 23.7 Å². The van der Waals surface area contributed by atoms with Crippen molar-refractivity contribution >= 4 is 23.7 Å². The smallest absolute Gasteiger partial charge is 0.336 e. The van der Waals surface area contributed by atoms with Gasteiger partial charge in [0.2, 0.25) is 0 Å². The zero-order valence-electron chi connectivity index (χ0n) is 18.6. The number of carbonyl (C=O) groups excluding carboxylic acids is 1. The van der Waals surface area contributed by atoms with Gasteiger partial charge in [0.05, 0.1) is 33.0 Å². The highest BCUT2D eigenvalue weighted by Crippen LogP contribution is 2.30. The molecule has 33 heavy (non-hydrogen) atoms. The Morgan fingerprint density at radius 2 is 1.58 bits per heavy atom. The van der Waals surface area contributed by atoms with Gasteiger partial charge in [0.15, 0.2) is 11.5 Å². The van der Waals surface area contributed by atoms with E-state index in [2.05, 4.69) is 6.07 Å². The number of hydrogen-bond acceptors (Lipinski definition) is 6. The van der Waals surface area contributed by atoms with Crippen molar-refractivity contribution in [3.63, 3.8) is 0 Å². The second kappa shape index (κ2) is 11.2. The zero-order chi connectivity index (χ0) is 23.6. The number of allylic oxidation sites excluding steroid dienone is 1. The van der Waals surface area contributed by atoms with Crippen molar-refractivity contribution in [2.45, 2.75) is 0 Å². The molecule has 0 fully saturated rings. The summed E-state index contributed by atoms with van der Waals surface area (Å²) in [6, 6.07) is 21.8. The minimum atomic E-state index is -0.546. The molecule has 0 saturated carbocycles. The number of hydrogen-bond donors (Lipinski definition) is 0. The van der Waals surface area contributed by atoms with Gasteiger partial charge in [0, 0.05) is 6.08 Å². The van der Waals surface area contributed by atoms with Crippen LogP contribution in [-0.2, 0) is 4.79 Å². The highest BCUT2D eigenvalue weighted by atomic mass is 16.6. The maximum Gasteiger partial charge on any atom is 0.336 e. The number of methoxy groups -OCH3 is 3. The summed E-state index contributed by atoms with van der Waals surface area (Å²) in [6.45, 7) is 0. The highest BCUT2D eigenvalue weighted by Gasteiger charge is 2.10. The number of benzene rings is 3. The number of ether oxygens (including phenoxy) is 4. The van der Waals surface area contributed by atoms with E-state index in [9.17, 15) is 10.1 Å². The van der Waals surface area contributed by atoms with Crippen molar-refractivity contribution in [2.24, 2.45) is 0 Å². The van der Waals surface area contributed by atoms with E-state index in [1.165, 1.54) is 13.2 Å². The van der Waals surface area contributed by atoms with Crippen LogP contribution < -0.4 is 18.9 Å². The summed E-state index contributed by atoms with van der Waals surface area (Å²) in [4.78, 5) is 12.3. The van der Waals surface area contributed by atoms with Gasteiger partial charge in [-0.2, -0.15) is 5.26 Å². The molecule has 0 bridgehead atoms. The molecular formula is C27H23NO5. The lowest BCUT2D eigenvalue weighted by Crippen LogP contribution is -2.05. The summed E-state index contributed by atoms with van der Waals surface area (Å²) in [6.07, 6.45) is 4.71. The lowest BCUT2D eigenvalue weighted by atomic mass is 10.0. The van der Waals surface area contributed by atoms with Gasteiger partial charge in [-0.05, 0) is 77.4 Å². The minimum Gasteiger partial charge on any atom is -0.497 e. The third-order valence-electron chi connectivity index (χ3n) is 4.74. The Bertz CT molecular complexity index is 1220. The topological polar surface area (TPSA) is 77.8 Å². The summed E-state index contributed by atoms with van der Waals surface area (Å²) < 4.78 is 21.1. The van der Waals surface area contributed by atoms with E-state index in [0.717, 1.165) is 16.7 Å². The summed E-state index contributed by atoms with van der Waals surface area (Å²) in [5, 5.41) is 9.59. The molecule has 0 aliphatic carbocycles. The third-order valence-corrected chi connectivity index (χ3v) is 4.74. The Labute approximate surface area is 192 Å². The van der Waals surface area contributed by atoms with E-state index in [1.807, 2.05) is 30.3 Å². The van der Waals surface area contributed by atoms with E-state index in [0.29, 0.717) is 22.8 Å². The number of esters is 1. The lowest BCUT2D eigenvalue weighted by molar-refractivity contribution is -0.129. The Kier molecular flexibility index (Phi) is 7.87. The van der Waals surface area contributed by atoms with Gasteiger partial charge in [-0.1, -0.05) is 18.2 Å². The van der Waals surface area contributed by atoms with E-state index >= 15 is 0 Å². The zero-order valence-corrected chi connectivity index (χ0v) is 18.6. The fourth-order valence-electron chi connectivity index (χ4n) is 3.03. The molecular weight excluding hydrogens is 418 g/mol. The van der Waals surface area contributed by atoms with Crippen molar-refractivity contribution in [1.29, 1.82) is 5.26 Å². The van der Waals surface area contributed by atoms with Crippen LogP contribution in [0.25, 0.3) is 17.7 Å². The molecule has 0 amide bonds. The van der Waals surface area contributed by atoms with Gasteiger partial charge in [0.25, 0.3) is 0 Å². The summed E-state index contributed by atoms with van der Waals surface area (Å²) in [5.41, 5.74) is 2.77. The maximum atomic E-state index is 12.3. The first-order valence-corrected chi connectivity index (χ1v) is 10.0. The molecule has 3 rings (SSSR count). The van der Waals surface area contributed by atoms with Crippen LogP contribution in [0.15, 0.2) is 72.8 Å². The lowest BCUT2D eigenvalue weighted by Gasteiger charge is -2.09. The van der Waals surface area contributed by atoms with Gasteiger partial charge in [-0.3, -0.25) is 0 Å². The molecule has 0 aromatic heterocycles. The molecule has 0 unspecified atom stereocenters. The van der Waals surface area contributed by atoms with Crippen LogP contribution in [0.3, 0.4) is 0 Å². The van der Waals surface area contributed by atoms with E-state index in [4.69, 9.17) is 18.9 Å². The van der Waals surface area contributed by atoms with Gasteiger partial charge in [0.1, 0.15) is 11.5 Å². The first-order valence-electron chi connectivity index (χ1n) is 10.0. The average molecular weight is 441 g/mol. The molecule has 0 atom stereocenters. The van der Waals surface area contributed by atoms with Crippen LogP contribution in [0, 0.1) is 11.3 Å². The Morgan fingerprint density at radius 3 is 2.24 bits per heavy atom. The van der Waals surface area contributed by atoms with Gasteiger partial charge in [-0.25, -0.2) is 4.79 Å².